The smallest absolute Gasteiger partial charge is 0.224 e. The molecule has 1 aliphatic heterocycles. The average molecular weight is 332 g/mol. The average Bonchev–Trinajstić information content (AvgIpc) is 2.61. The highest BCUT2D eigenvalue weighted by Crippen LogP contribution is 2.14. The van der Waals surface area contributed by atoms with Gasteiger partial charge in [0.15, 0.2) is 0 Å². The van der Waals surface area contributed by atoms with E-state index in [0.29, 0.717) is 32.1 Å². The number of hydrogen-bond donors (Lipinski definition) is 2. The SMILES string of the molecule is OC(CNc1nccc(N2CCOCC2)n1)Cc1cccc(F)c1. The molecular formula is C17H21FN4O2. The van der Waals surface area contributed by atoms with Gasteiger partial charge in [-0.1, -0.05) is 12.1 Å². The van der Waals surface area contributed by atoms with Gasteiger partial charge in [0.2, 0.25) is 5.95 Å². The quantitative estimate of drug-likeness (QED) is 0.835. The largest absolute Gasteiger partial charge is 0.391 e. The first-order valence-corrected chi connectivity index (χ1v) is 8.03. The van der Waals surface area contributed by atoms with Crippen LogP contribution in [0.2, 0.25) is 0 Å². The van der Waals surface area contributed by atoms with Crippen LogP contribution >= 0.6 is 0 Å². The Bertz CT molecular complexity index is 665. The Hall–Kier alpha value is -2.25. The summed E-state index contributed by atoms with van der Waals surface area (Å²) < 4.78 is 18.5. The van der Waals surface area contributed by atoms with Crippen molar-refractivity contribution in [3.05, 3.63) is 47.9 Å². The van der Waals surface area contributed by atoms with E-state index in [2.05, 4.69) is 20.2 Å². The molecule has 2 N–H and O–H groups in total. The number of halogens is 1. The molecular weight excluding hydrogens is 311 g/mol. The van der Waals surface area contributed by atoms with Crippen molar-refractivity contribution in [1.29, 1.82) is 0 Å². The number of aromatic nitrogens is 2. The minimum Gasteiger partial charge on any atom is -0.391 e. The summed E-state index contributed by atoms with van der Waals surface area (Å²) in [5, 5.41) is 13.1. The van der Waals surface area contributed by atoms with Gasteiger partial charge in [-0.15, -0.1) is 0 Å². The molecule has 3 rings (SSSR count). The molecule has 128 valence electrons. The number of morpholine rings is 1. The molecule has 1 saturated heterocycles. The topological polar surface area (TPSA) is 70.5 Å². The minimum absolute atomic E-state index is 0.295. The van der Waals surface area contributed by atoms with Gasteiger partial charge in [-0.2, -0.15) is 4.98 Å². The third-order valence-corrected chi connectivity index (χ3v) is 3.83. The van der Waals surface area contributed by atoms with Crippen LogP contribution < -0.4 is 10.2 Å². The molecule has 1 fully saturated rings. The fourth-order valence-electron chi connectivity index (χ4n) is 2.62. The molecule has 0 aliphatic carbocycles. The molecule has 0 radical (unpaired) electrons. The summed E-state index contributed by atoms with van der Waals surface area (Å²) in [5.41, 5.74) is 0.757. The van der Waals surface area contributed by atoms with Gasteiger partial charge in [-0.3, -0.25) is 0 Å². The maximum absolute atomic E-state index is 13.2. The fourth-order valence-corrected chi connectivity index (χ4v) is 2.62. The third kappa shape index (κ3) is 4.62. The van der Waals surface area contributed by atoms with Gasteiger partial charge >= 0.3 is 0 Å². The highest BCUT2D eigenvalue weighted by molar-refractivity contribution is 5.42. The van der Waals surface area contributed by atoms with E-state index in [1.807, 2.05) is 6.07 Å². The second-order valence-electron chi connectivity index (χ2n) is 5.71. The zero-order valence-electron chi connectivity index (χ0n) is 13.4. The summed E-state index contributed by atoms with van der Waals surface area (Å²) in [7, 11) is 0. The van der Waals surface area contributed by atoms with E-state index < -0.39 is 6.10 Å². The van der Waals surface area contributed by atoms with Crippen molar-refractivity contribution in [3.8, 4) is 0 Å². The Balaban J connectivity index is 1.54. The van der Waals surface area contributed by atoms with E-state index in [1.54, 1.807) is 18.3 Å². The number of aliphatic hydroxyl groups excluding tert-OH is 1. The van der Waals surface area contributed by atoms with Crippen LogP contribution in [0, 0.1) is 5.82 Å². The van der Waals surface area contributed by atoms with Crippen LogP contribution in [0.5, 0.6) is 0 Å². The number of hydrogen-bond acceptors (Lipinski definition) is 6. The Labute approximate surface area is 140 Å². The van der Waals surface area contributed by atoms with E-state index in [4.69, 9.17) is 4.74 Å². The summed E-state index contributed by atoms with van der Waals surface area (Å²) in [6, 6.07) is 8.11. The Morgan fingerprint density at radius 1 is 1.29 bits per heavy atom. The molecule has 1 atom stereocenters. The monoisotopic (exact) mass is 332 g/mol. The highest BCUT2D eigenvalue weighted by Gasteiger charge is 2.13. The molecule has 24 heavy (non-hydrogen) atoms. The van der Waals surface area contributed by atoms with Crippen molar-refractivity contribution in [1.82, 2.24) is 9.97 Å². The van der Waals surface area contributed by atoms with E-state index in [9.17, 15) is 9.50 Å². The van der Waals surface area contributed by atoms with E-state index in [-0.39, 0.29) is 5.82 Å². The van der Waals surface area contributed by atoms with Gasteiger partial charge in [0.1, 0.15) is 11.6 Å². The van der Waals surface area contributed by atoms with Crippen LogP contribution in [0.15, 0.2) is 36.5 Å². The molecule has 2 heterocycles. The first-order valence-electron chi connectivity index (χ1n) is 8.03. The van der Waals surface area contributed by atoms with Crippen molar-refractivity contribution in [2.45, 2.75) is 12.5 Å². The lowest BCUT2D eigenvalue weighted by Gasteiger charge is -2.27. The fraction of sp³-hybridized carbons (Fsp3) is 0.412. The van der Waals surface area contributed by atoms with Gasteiger partial charge < -0.3 is 20.1 Å². The molecule has 0 spiro atoms. The summed E-state index contributed by atoms with van der Waals surface area (Å²) in [6.07, 6.45) is 1.41. The van der Waals surface area contributed by atoms with Crippen molar-refractivity contribution >= 4 is 11.8 Å². The number of nitrogens with one attached hydrogen (secondary N) is 1. The predicted octanol–water partition coefficient (Wildman–Crippen LogP) is 1.47. The van der Waals surface area contributed by atoms with Crippen LogP contribution in [0.4, 0.5) is 16.2 Å². The van der Waals surface area contributed by atoms with E-state index in [0.717, 1.165) is 24.5 Å². The van der Waals surface area contributed by atoms with Gasteiger partial charge in [0.05, 0.1) is 19.3 Å². The number of rotatable bonds is 6. The summed E-state index contributed by atoms with van der Waals surface area (Å²) in [4.78, 5) is 10.8. The molecule has 7 heteroatoms. The minimum atomic E-state index is -0.651. The van der Waals surface area contributed by atoms with E-state index >= 15 is 0 Å². The molecule has 1 aromatic carbocycles. The highest BCUT2D eigenvalue weighted by atomic mass is 19.1. The first-order chi connectivity index (χ1) is 11.7. The lowest BCUT2D eigenvalue weighted by atomic mass is 10.1. The molecule has 0 saturated carbocycles. The lowest BCUT2D eigenvalue weighted by Crippen LogP contribution is -2.36. The molecule has 6 nitrogen and oxygen atoms in total. The van der Waals surface area contributed by atoms with Crippen molar-refractivity contribution in [3.63, 3.8) is 0 Å². The molecule has 1 aliphatic rings. The predicted molar refractivity (Wildman–Crippen MR) is 89.7 cm³/mol. The maximum Gasteiger partial charge on any atom is 0.224 e. The van der Waals surface area contributed by atoms with Gasteiger partial charge in [0.25, 0.3) is 0 Å². The number of nitrogens with zero attached hydrogens (tertiary/aromatic N) is 3. The Morgan fingerprint density at radius 2 is 2.12 bits per heavy atom. The van der Waals surface area contributed by atoms with Crippen LogP contribution in [0.1, 0.15) is 5.56 Å². The van der Waals surface area contributed by atoms with Crippen molar-refractivity contribution < 1.29 is 14.2 Å². The van der Waals surface area contributed by atoms with Gasteiger partial charge in [-0.25, -0.2) is 9.37 Å². The standard InChI is InChI=1S/C17H21FN4O2/c18-14-3-1-2-13(10-14)11-15(23)12-20-17-19-5-4-16(21-17)22-6-8-24-9-7-22/h1-5,10,15,23H,6-9,11-12H2,(H,19,20,21). The second-order valence-corrected chi connectivity index (χ2v) is 5.71. The molecule has 2 aromatic rings. The van der Waals surface area contributed by atoms with Crippen LogP contribution in [0.25, 0.3) is 0 Å². The number of benzene rings is 1. The first kappa shape index (κ1) is 16.6. The van der Waals surface area contributed by atoms with Crippen molar-refractivity contribution in [2.75, 3.05) is 43.1 Å². The normalized spacial score (nSPS) is 16.0. The maximum atomic E-state index is 13.2. The summed E-state index contributed by atoms with van der Waals surface area (Å²) in [6.45, 7) is 3.29. The van der Waals surface area contributed by atoms with Gasteiger partial charge in [-0.05, 0) is 23.8 Å². The summed E-state index contributed by atoms with van der Waals surface area (Å²) in [5.74, 6) is 1.02. The number of anilines is 2. The van der Waals surface area contributed by atoms with Crippen molar-refractivity contribution in [2.24, 2.45) is 0 Å². The lowest BCUT2D eigenvalue weighted by molar-refractivity contribution is 0.122. The number of aliphatic hydroxyl groups is 1. The Kier molecular flexibility index (Phi) is 5.55. The number of ether oxygens (including phenoxy) is 1. The van der Waals surface area contributed by atoms with Crippen LogP contribution in [-0.4, -0.2) is 54.0 Å². The van der Waals surface area contributed by atoms with Crippen LogP contribution in [0.3, 0.4) is 0 Å². The molecule has 1 aromatic heterocycles. The van der Waals surface area contributed by atoms with Crippen LogP contribution in [-0.2, 0) is 11.2 Å². The molecule has 0 bridgehead atoms. The molecule has 0 amide bonds. The zero-order chi connectivity index (χ0) is 16.8. The van der Waals surface area contributed by atoms with Gasteiger partial charge in [0, 0.05) is 32.3 Å². The Morgan fingerprint density at radius 3 is 2.92 bits per heavy atom. The van der Waals surface area contributed by atoms with E-state index in [1.165, 1.54) is 12.1 Å². The summed E-state index contributed by atoms with van der Waals surface area (Å²) >= 11 is 0. The molecule has 1 unspecified atom stereocenters. The second kappa shape index (κ2) is 8.03. The third-order valence-electron chi connectivity index (χ3n) is 3.83. The zero-order valence-corrected chi connectivity index (χ0v) is 13.4.